The number of anilines is 1. The van der Waals surface area contributed by atoms with Crippen molar-refractivity contribution in [1.82, 2.24) is 9.80 Å². The van der Waals surface area contributed by atoms with Gasteiger partial charge in [-0.2, -0.15) is 0 Å². The number of amides is 3. The smallest absolute Gasteiger partial charge is 0.289 e. The van der Waals surface area contributed by atoms with Crippen molar-refractivity contribution in [3.8, 4) is 0 Å². The minimum atomic E-state index is -0.585. The first-order valence-corrected chi connectivity index (χ1v) is 8.97. The van der Waals surface area contributed by atoms with Gasteiger partial charge in [0.25, 0.3) is 5.91 Å². The molecule has 1 unspecified atom stereocenters. The number of para-hydroxylation sites is 1. The van der Waals surface area contributed by atoms with E-state index in [1.807, 2.05) is 30.3 Å². The van der Waals surface area contributed by atoms with Crippen LogP contribution in [-0.4, -0.2) is 59.2 Å². The number of hydrogen-bond acceptors (Lipinski definition) is 4. The molecule has 27 heavy (non-hydrogen) atoms. The number of furan rings is 1. The van der Waals surface area contributed by atoms with Crippen molar-refractivity contribution < 1.29 is 18.8 Å². The van der Waals surface area contributed by atoms with E-state index in [4.69, 9.17) is 4.42 Å². The molecule has 1 atom stereocenters. The number of benzene rings is 1. The summed E-state index contributed by atoms with van der Waals surface area (Å²) >= 11 is 0. The minimum Gasteiger partial charge on any atom is -0.459 e. The molecule has 1 aromatic heterocycles. The summed E-state index contributed by atoms with van der Waals surface area (Å²) in [6.45, 7) is 2.76. The molecule has 2 fully saturated rings. The van der Waals surface area contributed by atoms with Gasteiger partial charge in [0.1, 0.15) is 6.54 Å². The number of nitrogens with zero attached hydrogens (tertiary/aromatic N) is 3. The van der Waals surface area contributed by atoms with E-state index in [2.05, 4.69) is 0 Å². The second kappa shape index (κ2) is 6.57. The zero-order valence-electron chi connectivity index (χ0n) is 15.1. The third-order valence-corrected chi connectivity index (χ3v) is 5.42. The molecule has 2 aromatic rings. The highest BCUT2D eigenvalue weighted by Gasteiger charge is 2.51. The van der Waals surface area contributed by atoms with Crippen molar-refractivity contribution in [2.45, 2.75) is 18.9 Å². The first-order valence-electron chi connectivity index (χ1n) is 8.97. The van der Waals surface area contributed by atoms with E-state index in [9.17, 15) is 14.4 Å². The van der Waals surface area contributed by atoms with Crippen LogP contribution in [0.1, 0.15) is 23.9 Å². The van der Waals surface area contributed by atoms with E-state index < -0.39 is 5.54 Å². The highest BCUT2D eigenvalue weighted by molar-refractivity contribution is 5.98. The fourth-order valence-corrected chi connectivity index (χ4v) is 4.08. The summed E-state index contributed by atoms with van der Waals surface area (Å²) in [6.07, 6.45) is 2.09. The summed E-state index contributed by atoms with van der Waals surface area (Å²) in [5.41, 5.74) is 0.221. The number of carbonyl (C=O) groups excluding carboxylic acids is 3. The lowest BCUT2D eigenvalue weighted by atomic mass is 9.91. The topological polar surface area (TPSA) is 74.1 Å². The van der Waals surface area contributed by atoms with Crippen LogP contribution >= 0.6 is 0 Å². The molecule has 2 aliphatic heterocycles. The average Bonchev–Trinajstić information content (AvgIpc) is 3.34. The molecule has 7 nitrogen and oxygen atoms in total. The third kappa shape index (κ3) is 2.99. The van der Waals surface area contributed by atoms with Crippen LogP contribution in [0.3, 0.4) is 0 Å². The maximum atomic E-state index is 12.7. The summed E-state index contributed by atoms with van der Waals surface area (Å²) in [4.78, 5) is 42.7. The molecule has 140 valence electrons. The Labute approximate surface area is 157 Å². The van der Waals surface area contributed by atoms with Gasteiger partial charge in [-0.05, 0) is 30.7 Å². The summed E-state index contributed by atoms with van der Waals surface area (Å²) in [6, 6.07) is 12.7. The maximum absolute atomic E-state index is 12.7. The Hall–Kier alpha value is -3.09. The van der Waals surface area contributed by atoms with Gasteiger partial charge in [-0.1, -0.05) is 18.2 Å². The largest absolute Gasteiger partial charge is 0.459 e. The van der Waals surface area contributed by atoms with Crippen LogP contribution in [0, 0.1) is 0 Å². The molecule has 4 rings (SSSR count). The zero-order chi connectivity index (χ0) is 19.0. The lowest BCUT2D eigenvalue weighted by Crippen LogP contribution is -2.67. The Morgan fingerprint density at radius 1 is 1.07 bits per heavy atom. The summed E-state index contributed by atoms with van der Waals surface area (Å²) < 4.78 is 5.23. The molecule has 0 N–H and O–H groups in total. The monoisotopic (exact) mass is 367 g/mol. The van der Waals surface area contributed by atoms with Crippen LogP contribution in [0.2, 0.25) is 0 Å². The standard InChI is InChI=1S/C20H21N3O4/c1-15(24)23-12-18(25)22(16-6-3-2-4-7-16)14-20(23)9-10-21(13-20)19(26)17-8-5-11-27-17/h2-8,11H,9-10,12-14H2,1H3. The average molecular weight is 367 g/mol. The highest BCUT2D eigenvalue weighted by Crippen LogP contribution is 2.35. The molecule has 1 spiro atoms. The van der Waals surface area contributed by atoms with Crippen molar-refractivity contribution in [1.29, 1.82) is 0 Å². The highest BCUT2D eigenvalue weighted by atomic mass is 16.3. The second-order valence-electron chi connectivity index (χ2n) is 7.10. The van der Waals surface area contributed by atoms with Crippen molar-refractivity contribution in [2.24, 2.45) is 0 Å². The maximum Gasteiger partial charge on any atom is 0.289 e. The van der Waals surface area contributed by atoms with E-state index >= 15 is 0 Å². The van der Waals surface area contributed by atoms with Crippen LogP contribution in [-0.2, 0) is 9.59 Å². The molecule has 1 aromatic carbocycles. The normalized spacial score (nSPS) is 22.6. The molecule has 0 aliphatic carbocycles. The van der Waals surface area contributed by atoms with E-state index in [1.165, 1.54) is 13.2 Å². The number of rotatable bonds is 2. The van der Waals surface area contributed by atoms with E-state index in [1.54, 1.807) is 26.8 Å². The second-order valence-corrected chi connectivity index (χ2v) is 7.10. The van der Waals surface area contributed by atoms with Gasteiger partial charge in [-0.25, -0.2) is 0 Å². The molecule has 2 aliphatic rings. The van der Waals surface area contributed by atoms with Crippen LogP contribution in [0.15, 0.2) is 53.1 Å². The van der Waals surface area contributed by atoms with Gasteiger partial charge in [0.05, 0.1) is 18.3 Å². The fraction of sp³-hybridized carbons (Fsp3) is 0.350. The van der Waals surface area contributed by atoms with Gasteiger partial charge in [0.2, 0.25) is 11.8 Å². The zero-order valence-corrected chi connectivity index (χ0v) is 15.1. The van der Waals surface area contributed by atoms with Crippen molar-refractivity contribution in [3.63, 3.8) is 0 Å². The lowest BCUT2D eigenvalue weighted by molar-refractivity contribution is -0.142. The molecule has 0 radical (unpaired) electrons. The van der Waals surface area contributed by atoms with Gasteiger partial charge in [-0.15, -0.1) is 0 Å². The van der Waals surface area contributed by atoms with E-state index in [-0.39, 0.29) is 30.0 Å². The molecule has 0 saturated carbocycles. The van der Waals surface area contributed by atoms with Gasteiger partial charge in [-0.3, -0.25) is 14.4 Å². The number of piperazine rings is 1. The van der Waals surface area contributed by atoms with Gasteiger partial charge < -0.3 is 19.1 Å². The Kier molecular flexibility index (Phi) is 4.22. The Balaban J connectivity index is 1.63. The molecule has 7 heteroatoms. The molecular formula is C20H21N3O4. The van der Waals surface area contributed by atoms with Crippen LogP contribution in [0.5, 0.6) is 0 Å². The molecule has 3 heterocycles. The summed E-state index contributed by atoms with van der Waals surface area (Å²) in [5, 5.41) is 0. The van der Waals surface area contributed by atoms with Crippen molar-refractivity contribution in [3.05, 3.63) is 54.5 Å². The quantitative estimate of drug-likeness (QED) is 0.811. The predicted molar refractivity (Wildman–Crippen MR) is 98.1 cm³/mol. The number of likely N-dealkylation sites (tertiary alicyclic amines) is 1. The van der Waals surface area contributed by atoms with Crippen molar-refractivity contribution in [2.75, 3.05) is 31.1 Å². The van der Waals surface area contributed by atoms with Gasteiger partial charge in [0.15, 0.2) is 5.76 Å². The third-order valence-electron chi connectivity index (χ3n) is 5.42. The number of hydrogen-bond donors (Lipinski definition) is 0. The molecule has 2 saturated heterocycles. The SMILES string of the molecule is CC(=O)N1CC(=O)N(c2ccccc2)CC12CCN(C(=O)c1ccco1)C2. The van der Waals surface area contributed by atoms with Gasteiger partial charge in [0, 0.05) is 25.7 Å². The van der Waals surface area contributed by atoms with Crippen LogP contribution in [0.4, 0.5) is 5.69 Å². The fourth-order valence-electron chi connectivity index (χ4n) is 4.08. The first-order chi connectivity index (χ1) is 13.0. The predicted octanol–water partition coefficient (Wildman–Crippen LogP) is 1.76. The Morgan fingerprint density at radius 2 is 1.85 bits per heavy atom. The lowest BCUT2D eigenvalue weighted by Gasteiger charge is -2.48. The molecule has 0 bridgehead atoms. The number of carbonyl (C=O) groups is 3. The van der Waals surface area contributed by atoms with E-state index in [0.717, 1.165) is 5.69 Å². The Morgan fingerprint density at radius 3 is 2.52 bits per heavy atom. The Bertz CT molecular complexity index is 865. The molecule has 3 amide bonds. The van der Waals surface area contributed by atoms with Crippen molar-refractivity contribution >= 4 is 23.4 Å². The first kappa shape index (κ1) is 17.3. The minimum absolute atomic E-state index is 0.0208. The van der Waals surface area contributed by atoms with Gasteiger partial charge >= 0.3 is 0 Å². The summed E-state index contributed by atoms with van der Waals surface area (Å²) in [7, 11) is 0. The summed E-state index contributed by atoms with van der Waals surface area (Å²) in [5.74, 6) is -0.169. The molecular weight excluding hydrogens is 346 g/mol. The van der Waals surface area contributed by atoms with Crippen LogP contribution in [0.25, 0.3) is 0 Å². The van der Waals surface area contributed by atoms with Crippen LogP contribution < -0.4 is 4.90 Å². The van der Waals surface area contributed by atoms with E-state index in [0.29, 0.717) is 26.1 Å².